The van der Waals surface area contributed by atoms with Crippen LogP contribution in [0.25, 0.3) is 22.3 Å². The van der Waals surface area contributed by atoms with Crippen LogP contribution in [0.4, 0.5) is 0 Å². The molecule has 42 heavy (non-hydrogen) atoms. The van der Waals surface area contributed by atoms with E-state index in [-0.39, 0.29) is 36.5 Å². The molecule has 5 rings (SSSR count). The lowest BCUT2D eigenvalue weighted by Gasteiger charge is -2.40. The molecular weight excluding hydrogens is 564 g/mol. The minimum atomic E-state index is -1.89. The Morgan fingerprint density at radius 3 is 2.36 bits per heavy atom. The lowest BCUT2D eigenvalue weighted by Crippen LogP contribution is -2.60. The molecule has 2 aromatic carbocycles. The maximum absolute atomic E-state index is 13.6. The van der Waals surface area contributed by atoms with Crippen LogP contribution in [-0.2, 0) is 18.9 Å². The smallest absolute Gasteiger partial charge is 0.239 e. The van der Waals surface area contributed by atoms with Crippen molar-refractivity contribution in [3.8, 4) is 40.1 Å². The van der Waals surface area contributed by atoms with Crippen molar-refractivity contribution in [2.45, 2.75) is 55.6 Å². The van der Waals surface area contributed by atoms with Crippen LogP contribution in [0.3, 0.4) is 0 Å². The van der Waals surface area contributed by atoms with Gasteiger partial charge in [0.1, 0.15) is 53.0 Å². The molecule has 2 fully saturated rings. The molecule has 228 valence electrons. The molecule has 1 aromatic heterocycles. The first-order chi connectivity index (χ1) is 20.0. The number of benzene rings is 2. The molecule has 8 atom stereocenters. The quantitative estimate of drug-likeness (QED) is 0.155. The Morgan fingerprint density at radius 1 is 0.905 bits per heavy atom. The average molecular weight is 595 g/mol. The lowest BCUT2D eigenvalue weighted by atomic mass is 9.99. The maximum Gasteiger partial charge on any atom is 0.239 e. The Labute approximate surface area is 236 Å². The number of phenols is 4. The first-order valence-corrected chi connectivity index (χ1v) is 12.8. The fourth-order valence-corrected chi connectivity index (χ4v) is 4.88. The van der Waals surface area contributed by atoms with Crippen molar-refractivity contribution >= 4 is 11.0 Å². The van der Waals surface area contributed by atoms with Crippen molar-refractivity contribution < 1.29 is 69.0 Å². The fourth-order valence-electron chi connectivity index (χ4n) is 4.88. The van der Waals surface area contributed by atoms with Gasteiger partial charge in [0.25, 0.3) is 0 Å². The number of phenolic OH excluding ortho intramolecular Hbond substituents is 4. The molecule has 3 aromatic rings. The minimum Gasteiger partial charge on any atom is -0.508 e. The van der Waals surface area contributed by atoms with Gasteiger partial charge in [-0.25, -0.2) is 0 Å². The van der Waals surface area contributed by atoms with Crippen LogP contribution >= 0.6 is 0 Å². The highest BCUT2D eigenvalue weighted by Gasteiger charge is 2.47. The van der Waals surface area contributed by atoms with Gasteiger partial charge in [-0.1, -0.05) is 0 Å². The topological polar surface area (TPSA) is 238 Å². The molecule has 2 aliphatic heterocycles. The summed E-state index contributed by atoms with van der Waals surface area (Å²) >= 11 is 0. The maximum atomic E-state index is 13.6. The Morgan fingerprint density at radius 2 is 1.67 bits per heavy atom. The van der Waals surface area contributed by atoms with Crippen LogP contribution in [0.15, 0.2) is 39.5 Å². The van der Waals surface area contributed by atoms with E-state index in [9.17, 15) is 45.6 Å². The molecule has 3 heterocycles. The van der Waals surface area contributed by atoms with Crippen LogP contribution in [0, 0.1) is 0 Å². The average Bonchev–Trinajstić information content (AvgIpc) is 3.37. The summed E-state index contributed by atoms with van der Waals surface area (Å²) in [4.78, 5) is 13.6. The molecule has 0 radical (unpaired) electrons. The number of aliphatic hydroxyl groups is 4. The van der Waals surface area contributed by atoms with Gasteiger partial charge >= 0.3 is 0 Å². The van der Waals surface area contributed by atoms with E-state index in [0.29, 0.717) is 0 Å². The molecule has 15 heteroatoms. The van der Waals surface area contributed by atoms with Gasteiger partial charge in [0, 0.05) is 31.2 Å². The largest absolute Gasteiger partial charge is 0.508 e. The van der Waals surface area contributed by atoms with E-state index in [1.807, 2.05) is 0 Å². The number of rotatable bonds is 8. The summed E-state index contributed by atoms with van der Waals surface area (Å²) in [6.45, 7) is -0.722. The Balaban J connectivity index is 1.48. The standard InChI is InChI=1S/C27H30O15/c1-37-19-7-15(17(8-28)39-19)38-9-18-21(33)23(35)24(36)27(41-18)42-26-22(34)20-14(32)5-11(29)6-16(20)40-25(26)10-2-3-12(30)13(31)4-10/h2-6,15,17-19,21,23-24,27-33,35-36H,7-9H2,1H3. The first-order valence-electron chi connectivity index (χ1n) is 12.8. The summed E-state index contributed by atoms with van der Waals surface area (Å²) in [5.74, 6) is -3.10. The second-order valence-corrected chi connectivity index (χ2v) is 9.89. The van der Waals surface area contributed by atoms with Gasteiger partial charge in [0.15, 0.2) is 23.5 Å². The zero-order valence-electron chi connectivity index (χ0n) is 22.1. The van der Waals surface area contributed by atoms with E-state index in [0.717, 1.165) is 24.3 Å². The summed E-state index contributed by atoms with van der Waals surface area (Å²) in [5, 5.41) is 81.1. The molecule has 15 nitrogen and oxygen atoms in total. The number of fused-ring (bicyclic) bond motifs is 1. The van der Waals surface area contributed by atoms with Crippen molar-refractivity contribution in [2.75, 3.05) is 20.3 Å². The molecule has 0 bridgehead atoms. The van der Waals surface area contributed by atoms with Crippen LogP contribution < -0.4 is 10.2 Å². The Bertz CT molecular complexity index is 1490. The zero-order chi connectivity index (χ0) is 30.3. The van der Waals surface area contributed by atoms with Crippen molar-refractivity contribution in [1.29, 1.82) is 0 Å². The highest BCUT2D eigenvalue weighted by Crippen LogP contribution is 2.39. The van der Waals surface area contributed by atoms with Gasteiger partial charge < -0.3 is 69.0 Å². The second-order valence-electron chi connectivity index (χ2n) is 9.89. The number of ether oxygens (including phenoxy) is 5. The van der Waals surface area contributed by atoms with Crippen LogP contribution in [0.1, 0.15) is 6.42 Å². The van der Waals surface area contributed by atoms with Gasteiger partial charge in [-0.05, 0) is 18.2 Å². The van der Waals surface area contributed by atoms with Gasteiger partial charge in [0.2, 0.25) is 17.5 Å². The predicted octanol–water partition coefficient (Wildman–Crippen LogP) is -0.392. The highest BCUT2D eigenvalue weighted by atomic mass is 16.7. The lowest BCUT2D eigenvalue weighted by molar-refractivity contribution is -0.282. The van der Waals surface area contributed by atoms with Gasteiger partial charge in [-0.2, -0.15) is 0 Å². The number of hydrogen-bond acceptors (Lipinski definition) is 15. The van der Waals surface area contributed by atoms with E-state index in [1.165, 1.54) is 13.2 Å². The summed E-state index contributed by atoms with van der Waals surface area (Å²) in [6, 6.07) is 5.39. The second kappa shape index (κ2) is 11.9. The van der Waals surface area contributed by atoms with Crippen molar-refractivity contribution in [3.63, 3.8) is 0 Å². The molecule has 2 saturated heterocycles. The summed E-state index contributed by atoms with van der Waals surface area (Å²) in [6.07, 6.45) is -10.2. The minimum absolute atomic E-state index is 0.0110. The van der Waals surface area contributed by atoms with E-state index < -0.39 is 88.8 Å². The van der Waals surface area contributed by atoms with E-state index >= 15 is 0 Å². The molecular formula is C27H30O15. The number of hydrogen-bond donors (Lipinski definition) is 8. The molecule has 0 amide bonds. The van der Waals surface area contributed by atoms with Crippen molar-refractivity contribution in [2.24, 2.45) is 0 Å². The molecule has 8 N–H and O–H groups in total. The third-order valence-corrected chi connectivity index (χ3v) is 7.14. The Kier molecular flexibility index (Phi) is 8.45. The fraction of sp³-hybridized carbons (Fsp3) is 0.444. The summed E-state index contributed by atoms with van der Waals surface area (Å²) in [7, 11) is 1.43. The van der Waals surface area contributed by atoms with Crippen LogP contribution in [0.5, 0.6) is 28.7 Å². The predicted molar refractivity (Wildman–Crippen MR) is 139 cm³/mol. The molecule has 8 unspecified atom stereocenters. The van der Waals surface area contributed by atoms with E-state index in [1.54, 1.807) is 0 Å². The van der Waals surface area contributed by atoms with Gasteiger partial charge in [-0.15, -0.1) is 0 Å². The summed E-state index contributed by atoms with van der Waals surface area (Å²) in [5.41, 5.74) is -1.22. The van der Waals surface area contributed by atoms with Crippen molar-refractivity contribution in [1.82, 2.24) is 0 Å². The van der Waals surface area contributed by atoms with Crippen LogP contribution in [-0.4, -0.2) is 110 Å². The number of aromatic hydroxyl groups is 4. The normalized spacial score (nSPS) is 29.6. The van der Waals surface area contributed by atoms with Gasteiger partial charge in [0.05, 0.1) is 19.3 Å². The van der Waals surface area contributed by atoms with Crippen LogP contribution in [0.2, 0.25) is 0 Å². The number of methoxy groups -OCH3 is 1. The first kappa shape index (κ1) is 29.8. The third-order valence-electron chi connectivity index (χ3n) is 7.14. The molecule has 0 spiro atoms. The zero-order valence-corrected chi connectivity index (χ0v) is 22.1. The van der Waals surface area contributed by atoms with Gasteiger partial charge in [-0.3, -0.25) is 4.79 Å². The summed E-state index contributed by atoms with van der Waals surface area (Å²) < 4.78 is 33.6. The number of aliphatic hydroxyl groups excluding tert-OH is 4. The van der Waals surface area contributed by atoms with E-state index in [4.69, 9.17) is 28.1 Å². The van der Waals surface area contributed by atoms with E-state index in [2.05, 4.69) is 0 Å². The Hall–Kier alpha value is -3.67. The molecule has 2 aliphatic rings. The SMILES string of the molecule is COC1CC(OCC2OC(Oc3c(-c4ccc(O)c(O)c4)oc4cc(O)cc(O)c4c3=O)C(O)C(O)C2O)C(CO)O1. The monoisotopic (exact) mass is 594 g/mol. The highest BCUT2D eigenvalue weighted by molar-refractivity contribution is 5.88. The third kappa shape index (κ3) is 5.56. The molecule has 0 saturated carbocycles. The molecule has 0 aliphatic carbocycles. The van der Waals surface area contributed by atoms with Crippen molar-refractivity contribution in [3.05, 3.63) is 40.6 Å².